The Morgan fingerprint density at radius 3 is 2.75 bits per heavy atom. The number of ether oxygens (including phenoxy) is 1. The van der Waals surface area contributed by atoms with Crippen LogP contribution in [-0.2, 0) is 11.3 Å². The van der Waals surface area contributed by atoms with Crippen LogP contribution in [0.1, 0.15) is 12.5 Å². The molecule has 0 heterocycles. The first-order chi connectivity index (χ1) is 7.93. The highest BCUT2D eigenvalue weighted by atomic mass is 32.2. The van der Waals surface area contributed by atoms with Crippen molar-refractivity contribution in [2.24, 2.45) is 0 Å². The van der Waals surface area contributed by atoms with Crippen LogP contribution in [0, 0.1) is 0 Å². The fraction of sp³-hybridized carbons (Fsp3) is 0.538. The lowest BCUT2D eigenvalue weighted by molar-refractivity contribution is 0.151. The number of thioether (sulfide) groups is 1. The van der Waals surface area contributed by atoms with Crippen LogP contribution in [-0.4, -0.2) is 31.3 Å². The third kappa shape index (κ3) is 6.88. The molecule has 1 aromatic rings. The molecule has 0 spiro atoms. The monoisotopic (exact) mass is 239 g/mol. The summed E-state index contributed by atoms with van der Waals surface area (Å²) in [6.07, 6.45) is 0. The molecule has 0 saturated heterocycles. The van der Waals surface area contributed by atoms with Gasteiger partial charge in [-0.15, -0.1) is 0 Å². The van der Waals surface area contributed by atoms with E-state index in [1.165, 1.54) is 11.3 Å². The van der Waals surface area contributed by atoms with Gasteiger partial charge in [-0.3, -0.25) is 0 Å². The molecule has 1 rings (SSSR count). The first-order valence-electron chi connectivity index (χ1n) is 5.83. The van der Waals surface area contributed by atoms with Gasteiger partial charge in [-0.25, -0.2) is 0 Å². The molecule has 0 aliphatic rings. The van der Waals surface area contributed by atoms with Crippen molar-refractivity contribution in [2.45, 2.75) is 13.5 Å². The molecule has 1 aromatic carbocycles. The van der Waals surface area contributed by atoms with Gasteiger partial charge in [-0.05, 0) is 11.3 Å². The number of hydrogen-bond donors (Lipinski definition) is 1. The third-order valence-corrected chi connectivity index (χ3v) is 3.03. The van der Waals surface area contributed by atoms with E-state index in [0.717, 1.165) is 32.1 Å². The molecule has 2 nitrogen and oxygen atoms in total. The van der Waals surface area contributed by atoms with E-state index in [9.17, 15) is 0 Å². The van der Waals surface area contributed by atoms with Crippen LogP contribution in [0.2, 0.25) is 0 Å². The Morgan fingerprint density at radius 2 is 2.00 bits per heavy atom. The second kappa shape index (κ2) is 9.70. The van der Waals surface area contributed by atoms with Gasteiger partial charge >= 0.3 is 0 Å². The van der Waals surface area contributed by atoms with Crippen molar-refractivity contribution in [1.29, 1.82) is 0 Å². The summed E-state index contributed by atoms with van der Waals surface area (Å²) >= 11 is 1.92. The average Bonchev–Trinajstić information content (AvgIpc) is 2.34. The summed E-state index contributed by atoms with van der Waals surface area (Å²) in [5.41, 5.74) is 1.32. The Bertz CT molecular complexity index is 253. The average molecular weight is 239 g/mol. The maximum Gasteiger partial charge on any atom is 0.0591 e. The van der Waals surface area contributed by atoms with Gasteiger partial charge in [-0.2, -0.15) is 11.8 Å². The van der Waals surface area contributed by atoms with E-state index in [0.29, 0.717) is 0 Å². The lowest BCUT2D eigenvalue weighted by atomic mass is 10.2. The zero-order valence-electron chi connectivity index (χ0n) is 9.95. The highest BCUT2D eigenvalue weighted by Crippen LogP contribution is 1.97. The molecule has 0 bridgehead atoms. The van der Waals surface area contributed by atoms with Crippen molar-refractivity contribution in [3.05, 3.63) is 35.9 Å². The van der Waals surface area contributed by atoms with E-state index in [1.54, 1.807) is 0 Å². The number of nitrogens with one attached hydrogen (secondary N) is 1. The fourth-order valence-corrected chi connectivity index (χ4v) is 1.86. The first kappa shape index (κ1) is 13.6. The molecular weight excluding hydrogens is 218 g/mol. The molecule has 1 N–H and O–H groups in total. The van der Waals surface area contributed by atoms with Gasteiger partial charge in [0.25, 0.3) is 0 Å². The smallest absolute Gasteiger partial charge is 0.0591 e. The Kier molecular flexibility index (Phi) is 8.22. The van der Waals surface area contributed by atoms with Gasteiger partial charge in [-0.1, -0.05) is 37.3 Å². The summed E-state index contributed by atoms with van der Waals surface area (Å²) in [4.78, 5) is 0. The molecule has 3 heteroatoms. The van der Waals surface area contributed by atoms with Crippen LogP contribution in [0.25, 0.3) is 0 Å². The minimum Gasteiger partial charge on any atom is -0.379 e. The standard InChI is InChI=1S/C13H21NOS/c1-2-16-11-10-15-9-8-14-12-13-6-4-3-5-7-13/h3-7,14H,2,8-12H2,1H3. The van der Waals surface area contributed by atoms with Gasteiger partial charge in [0.1, 0.15) is 0 Å². The third-order valence-electron chi connectivity index (χ3n) is 2.17. The Labute approximate surface area is 103 Å². The van der Waals surface area contributed by atoms with Gasteiger partial charge in [0.2, 0.25) is 0 Å². The molecule has 0 aromatic heterocycles. The molecule has 0 aliphatic heterocycles. The molecule has 0 amide bonds. The van der Waals surface area contributed by atoms with Crippen LogP contribution >= 0.6 is 11.8 Å². The normalized spacial score (nSPS) is 10.6. The van der Waals surface area contributed by atoms with E-state index < -0.39 is 0 Å². The van der Waals surface area contributed by atoms with E-state index in [4.69, 9.17) is 4.74 Å². The van der Waals surface area contributed by atoms with Crippen LogP contribution in [0.3, 0.4) is 0 Å². The second-order valence-corrected chi connectivity index (χ2v) is 4.87. The molecule has 0 radical (unpaired) electrons. The van der Waals surface area contributed by atoms with E-state index in [2.05, 4.69) is 36.5 Å². The summed E-state index contributed by atoms with van der Waals surface area (Å²) in [5.74, 6) is 2.28. The Morgan fingerprint density at radius 1 is 1.19 bits per heavy atom. The van der Waals surface area contributed by atoms with Crippen molar-refractivity contribution in [3.63, 3.8) is 0 Å². The molecular formula is C13H21NOS. The van der Waals surface area contributed by atoms with Crippen LogP contribution in [0.4, 0.5) is 0 Å². The molecule has 0 atom stereocenters. The Hall–Kier alpha value is -0.510. The number of hydrogen-bond acceptors (Lipinski definition) is 3. The molecule has 0 aliphatic carbocycles. The van der Waals surface area contributed by atoms with E-state index in [1.807, 2.05) is 17.8 Å². The summed E-state index contributed by atoms with van der Waals surface area (Å²) in [6, 6.07) is 10.4. The maximum absolute atomic E-state index is 5.49. The van der Waals surface area contributed by atoms with Gasteiger partial charge < -0.3 is 10.1 Å². The van der Waals surface area contributed by atoms with Crippen LogP contribution in [0.5, 0.6) is 0 Å². The SMILES string of the molecule is CCSCCOCCNCc1ccccc1. The van der Waals surface area contributed by atoms with Crippen molar-refractivity contribution >= 4 is 11.8 Å². The predicted octanol–water partition coefficient (Wildman–Crippen LogP) is 2.55. The molecule has 0 saturated carbocycles. The minimum atomic E-state index is 0.803. The second-order valence-electron chi connectivity index (χ2n) is 3.47. The Balaban J connectivity index is 1.89. The largest absolute Gasteiger partial charge is 0.379 e. The lowest BCUT2D eigenvalue weighted by Crippen LogP contribution is -2.19. The molecule has 0 fully saturated rings. The molecule has 16 heavy (non-hydrogen) atoms. The van der Waals surface area contributed by atoms with E-state index >= 15 is 0 Å². The molecule has 90 valence electrons. The predicted molar refractivity (Wildman–Crippen MR) is 72.0 cm³/mol. The summed E-state index contributed by atoms with van der Waals surface area (Å²) in [6.45, 7) is 5.69. The summed E-state index contributed by atoms with van der Waals surface area (Å²) < 4.78 is 5.49. The molecule has 0 unspecified atom stereocenters. The zero-order chi connectivity index (χ0) is 11.5. The first-order valence-corrected chi connectivity index (χ1v) is 6.99. The quantitative estimate of drug-likeness (QED) is 0.669. The number of benzene rings is 1. The lowest BCUT2D eigenvalue weighted by Gasteiger charge is -2.05. The van der Waals surface area contributed by atoms with Crippen molar-refractivity contribution in [3.8, 4) is 0 Å². The highest BCUT2D eigenvalue weighted by Gasteiger charge is 1.91. The van der Waals surface area contributed by atoms with Gasteiger partial charge in [0, 0.05) is 18.8 Å². The van der Waals surface area contributed by atoms with Gasteiger partial charge in [0.15, 0.2) is 0 Å². The van der Waals surface area contributed by atoms with Crippen molar-refractivity contribution < 1.29 is 4.74 Å². The summed E-state index contributed by atoms with van der Waals surface area (Å²) in [7, 11) is 0. The van der Waals surface area contributed by atoms with Gasteiger partial charge in [0.05, 0.1) is 13.2 Å². The van der Waals surface area contributed by atoms with Crippen LogP contribution < -0.4 is 5.32 Å². The topological polar surface area (TPSA) is 21.3 Å². The zero-order valence-corrected chi connectivity index (χ0v) is 10.8. The minimum absolute atomic E-state index is 0.803. The summed E-state index contributed by atoms with van der Waals surface area (Å²) in [5, 5.41) is 3.36. The maximum atomic E-state index is 5.49. The fourth-order valence-electron chi connectivity index (χ4n) is 1.34. The van der Waals surface area contributed by atoms with Crippen molar-refractivity contribution in [1.82, 2.24) is 5.32 Å². The number of rotatable bonds is 9. The van der Waals surface area contributed by atoms with Crippen molar-refractivity contribution in [2.75, 3.05) is 31.3 Å². The highest BCUT2D eigenvalue weighted by molar-refractivity contribution is 7.99. The van der Waals surface area contributed by atoms with E-state index in [-0.39, 0.29) is 0 Å². The van der Waals surface area contributed by atoms with Crippen LogP contribution in [0.15, 0.2) is 30.3 Å².